The monoisotopic (exact) mass is 309 g/mol. The molecular weight excluding hydrogens is 293 g/mol. The van der Waals surface area contributed by atoms with E-state index in [0.717, 1.165) is 6.54 Å². The Bertz CT molecular complexity index is 540. The normalized spacial score (nSPS) is 10.2. The number of rotatable bonds is 5. The van der Waals surface area contributed by atoms with Gasteiger partial charge in [-0.05, 0) is 36.9 Å². The van der Waals surface area contributed by atoms with E-state index in [4.69, 9.17) is 11.6 Å². The molecule has 106 valence electrons. The third-order valence-electron chi connectivity index (χ3n) is 2.88. The van der Waals surface area contributed by atoms with Crippen molar-refractivity contribution in [1.82, 2.24) is 4.90 Å². The second-order valence-electron chi connectivity index (χ2n) is 4.59. The van der Waals surface area contributed by atoms with Gasteiger partial charge >= 0.3 is 0 Å². The van der Waals surface area contributed by atoms with Crippen LogP contribution in [0.3, 0.4) is 0 Å². The lowest BCUT2D eigenvalue weighted by Gasteiger charge is -2.15. The van der Waals surface area contributed by atoms with Crippen molar-refractivity contribution in [3.8, 4) is 0 Å². The first-order valence-electron chi connectivity index (χ1n) is 6.16. The van der Waals surface area contributed by atoms with Crippen molar-refractivity contribution in [2.45, 2.75) is 6.54 Å². The number of hydrogen-bond donors (Lipinski definition) is 0. The summed E-state index contributed by atoms with van der Waals surface area (Å²) in [7, 11) is 1.95. The maximum Gasteiger partial charge on any atom is 0.176 e. The summed E-state index contributed by atoms with van der Waals surface area (Å²) in [5, 5.41) is 0.647. The van der Waals surface area contributed by atoms with E-state index in [1.807, 2.05) is 30.1 Å². The van der Waals surface area contributed by atoms with Gasteiger partial charge < -0.3 is 0 Å². The van der Waals surface area contributed by atoms with Crippen LogP contribution in [0.1, 0.15) is 15.9 Å². The molecule has 0 spiro atoms. The summed E-state index contributed by atoms with van der Waals surface area (Å²) in [6.45, 7) is 1.16. The first kappa shape index (κ1) is 16.7. The number of benzene rings is 2. The van der Waals surface area contributed by atoms with Crippen molar-refractivity contribution in [3.05, 3.63) is 70.7 Å². The zero-order valence-corrected chi connectivity index (χ0v) is 12.8. The molecule has 4 heteroatoms. The molecular formula is C16H17Cl2NO. The van der Waals surface area contributed by atoms with Crippen molar-refractivity contribution in [2.75, 3.05) is 13.6 Å². The molecule has 0 aliphatic carbocycles. The molecule has 0 fully saturated rings. The number of likely N-dealkylation sites (N-methyl/N-ethyl adjacent to an activating group) is 1. The van der Waals surface area contributed by atoms with E-state index < -0.39 is 0 Å². The van der Waals surface area contributed by atoms with Crippen molar-refractivity contribution in [2.24, 2.45) is 0 Å². The molecule has 0 saturated heterocycles. The van der Waals surface area contributed by atoms with Crippen LogP contribution in [0, 0.1) is 0 Å². The smallest absolute Gasteiger partial charge is 0.176 e. The molecule has 0 radical (unpaired) electrons. The van der Waals surface area contributed by atoms with E-state index in [-0.39, 0.29) is 18.2 Å². The Morgan fingerprint density at radius 3 is 2.25 bits per heavy atom. The van der Waals surface area contributed by atoms with Crippen molar-refractivity contribution in [1.29, 1.82) is 0 Å². The maximum absolute atomic E-state index is 12.1. The topological polar surface area (TPSA) is 20.3 Å². The number of nitrogens with zero attached hydrogens (tertiary/aromatic N) is 1. The Morgan fingerprint density at radius 2 is 1.65 bits per heavy atom. The van der Waals surface area contributed by atoms with Gasteiger partial charge in [0.25, 0.3) is 0 Å². The number of halogens is 2. The Kier molecular flexibility index (Phi) is 6.73. The Hall–Kier alpha value is -1.35. The second-order valence-corrected chi connectivity index (χ2v) is 5.02. The summed E-state index contributed by atoms with van der Waals surface area (Å²) < 4.78 is 0. The molecule has 0 N–H and O–H groups in total. The third kappa shape index (κ3) is 4.97. The van der Waals surface area contributed by atoms with Crippen LogP contribution in [0.2, 0.25) is 5.02 Å². The van der Waals surface area contributed by atoms with Gasteiger partial charge in [0.2, 0.25) is 0 Å². The van der Waals surface area contributed by atoms with Crippen LogP contribution in [-0.4, -0.2) is 24.3 Å². The number of carbonyl (C=O) groups excluding carboxylic acids is 1. The van der Waals surface area contributed by atoms with Crippen LogP contribution in [0.15, 0.2) is 54.6 Å². The highest BCUT2D eigenvalue weighted by molar-refractivity contribution is 6.30. The highest BCUT2D eigenvalue weighted by Gasteiger charge is 2.09. The van der Waals surface area contributed by atoms with E-state index in [0.29, 0.717) is 17.1 Å². The molecule has 0 amide bonds. The fourth-order valence-corrected chi connectivity index (χ4v) is 2.05. The van der Waals surface area contributed by atoms with Gasteiger partial charge in [0.1, 0.15) is 0 Å². The number of Topliss-reactive ketones (excluding diaryl/α,β-unsaturated/α-hetero) is 1. The van der Waals surface area contributed by atoms with E-state index in [9.17, 15) is 4.79 Å². The summed E-state index contributed by atoms with van der Waals surface area (Å²) in [6.07, 6.45) is 0. The molecule has 0 unspecified atom stereocenters. The molecule has 0 saturated carbocycles. The lowest BCUT2D eigenvalue weighted by atomic mass is 10.1. The van der Waals surface area contributed by atoms with Gasteiger partial charge in [-0.3, -0.25) is 9.69 Å². The maximum atomic E-state index is 12.1. The Balaban J connectivity index is 0.00000200. The van der Waals surface area contributed by atoms with Crippen molar-refractivity contribution < 1.29 is 4.79 Å². The molecule has 0 bridgehead atoms. The third-order valence-corrected chi connectivity index (χ3v) is 3.13. The van der Waals surface area contributed by atoms with Crippen LogP contribution in [0.25, 0.3) is 0 Å². The van der Waals surface area contributed by atoms with E-state index in [1.54, 1.807) is 24.3 Å². The number of carbonyl (C=O) groups is 1. The predicted octanol–water partition coefficient (Wildman–Crippen LogP) is 4.08. The molecule has 0 aliphatic heterocycles. The van der Waals surface area contributed by atoms with Crippen LogP contribution in [0.5, 0.6) is 0 Å². The van der Waals surface area contributed by atoms with Gasteiger partial charge in [0.15, 0.2) is 5.78 Å². The van der Waals surface area contributed by atoms with E-state index in [2.05, 4.69) is 12.1 Å². The second kappa shape index (κ2) is 8.05. The SMILES string of the molecule is CN(CC(=O)c1ccc(Cl)cc1)Cc1ccccc1.Cl. The van der Waals surface area contributed by atoms with Gasteiger partial charge in [0.05, 0.1) is 6.54 Å². The first-order valence-corrected chi connectivity index (χ1v) is 6.54. The molecule has 2 aromatic rings. The molecule has 0 aromatic heterocycles. The molecule has 0 aliphatic rings. The molecule has 2 aromatic carbocycles. The average Bonchev–Trinajstić information content (AvgIpc) is 2.40. The van der Waals surface area contributed by atoms with Gasteiger partial charge in [-0.1, -0.05) is 41.9 Å². The van der Waals surface area contributed by atoms with Crippen LogP contribution in [0.4, 0.5) is 0 Å². The number of hydrogen-bond acceptors (Lipinski definition) is 2. The molecule has 20 heavy (non-hydrogen) atoms. The number of ketones is 1. The molecule has 0 heterocycles. The van der Waals surface area contributed by atoms with E-state index in [1.165, 1.54) is 5.56 Å². The summed E-state index contributed by atoms with van der Waals surface area (Å²) in [4.78, 5) is 14.1. The van der Waals surface area contributed by atoms with Gasteiger partial charge in [-0.15, -0.1) is 12.4 Å². The quantitative estimate of drug-likeness (QED) is 0.776. The summed E-state index contributed by atoms with van der Waals surface area (Å²) in [6, 6.07) is 17.1. The van der Waals surface area contributed by atoms with Crippen molar-refractivity contribution >= 4 is 29.8 Å². The predicted molar refractivity (Wildman–Crippen MR) is 85.8 cm³/mol. The standard InChI is InChI=1S/C16H16ClNO.ClH/c1-18(11-13-5-3-2-4-6-13)12-16(19)14-7-9-15(17)10-8-14;/h2-10H,11-12H2,1H3;1H. The Morgan fingerprint density at radius 1 is 1.05 bits per heavy atom. The highest BCUT2D eigenvalue weighted by atomic mass is 35.5. The summed E-state index contributed by atoms with van der Waals surface area (Å²) >= 11 is 5.81. The van der Waals surface area contributed by atoms with Gasteiger partial charge in [-0.2, -0.15) is 0 Å². The molecule has 2 nitrogen and oxygen atoms in total. The molecule has 0 atom stereocenters. The highest BCUT2D eigenvalue weighted by Crippen LogP contribution is 2.11. The minimum absolute atomic E-state index is 0. The lowest BCUT2D eigenvalue weighted by molar-refractivity contribution is 0.0943. The minimum atomic E-state index is 0. The van der Waals surface area contributed by atoms with Crippen LogP contribution >= 0.6 is 24.0 Å². The fraction of sp³-hybridized carbons (Fsp3) is 0.188. The van der Waals surface area contributed by atoms with Gasteiger partial charge in [0, 0.05) is 17.1 Å². The van der Waals surface area contributed by atoms with Gasteiger partial charge in [-0.25, -0.2) is 0 Å². The van der Waals surface area contributed by atoms with Crippen LogP contribution in [-0.2, 0) is 6.54 Å². The average molecular weight is 310 g/mol. The lowest BCUT2D eigenvalue weighted by Crippen LogP contribution is -2.25. The zero-order chi connectivity index (χ0) is 13.7. The van der Waals surface area contributed by atoms with Crippen LogP contribution < -0.4 is 0 Å². The zero-order valence-electron chi connectivity index (χ0n) is 11.3. The van der Waals surface area contributed by atoms with E-state index >= 15 is 0 Å². The largest absolute Gasteiger partial charge is 0.295 e. The fourth-order valence-electron chi connectivity index (χ4n) is 1.92. The first-order chi connectivity index (χ1) is 9.15. The summed E-state index contributed by atoms with van der Waals surface area (Å²) in [5.74, 6) is 0.107. The Labute approximate surface area is 130 Å². The molecule has 2 rings (SSSR count). The summed E-state index contributed by atoms with van der Waals surface area (Å²) in [5.41, 5.74) is 1.90. The van der Waals surface area contributed by atoms with Crippen molar-refractivity contribution in [3.63, 3.8) is 0 Å². The minimum Gasteiger partial charge on any atom is -0.295 e.